The standard InChI is InChI=1S/C16H17BrClNS/c1-10(8-11-2-4-12(17)5-3-11)19-14-6-7-15-13(14)9-16(18)20-15/h2-5,9-10,14,19H,6-8H2,1H3. The monoisotopic (exact) mass is 369 g/mol. The van der Waals surface area contributed by atoms with Gasteiger partial charge in [-0.1, -0.05) is 39.7 Å². The van der Waals surface area contributed by atoms with Crippen LogP contribution in [0.4, 0.5) is 0 Å². The predicted octanol–water partition coefficient (Wildman–Crippen LogP) is 5.37. The van der Waals surface area contributed by atoms with Crippen LogP contribution in [-0.2, 0) is 12.8 Å². The van der Waals surface area contributed by atoms with Crippen molar-refractivity contribution in [3.05, 3.63) is 55.1 Å². The number of hydrogen-bond donors (Lipinski definition) is 1. The molecule has 1 aliphatic carbocycles. The average Bonchev–Trinajstić information content (AvgIpc) is 2.93. The minimum atomic E-state index is 0.464. The maximum absolute atomic E-state index is 6.11. The van der Waals surface area contributed by atoms with Crippen LogP contribution in [0.2, 0.25) is 4.34 Å². The summed E-state index contributed by atoms with van der Waals surface area (Å²) >= 11 is 11.3. The number of halogens is 2. The van der Waals surface area contributed by atoms with Gasteiger partial charge < -0.3 is 5.32 Å². The minimum Gasteiger partial charge on any atom is -0.307 e. The third-order valence-electron chi connectivity index (χ3n) is 3.79. The first kappa shape index (κ1) is 14.6. The summed E-state index contributed by atoms with van der Waals surface area (Å²) in [6.07, 6.45) is 3.41. The molecule has 20 heavy (non-hydrogen) atoms. The molecule has 4 heteroatoms. The molecule has 1 N–H and O–H groups in total. The van der Waals surface area contributed by atoms with E-state index in [1.54, 1.807) is 11.3 Å². The number of benzene rings is 1. The van der Waals surface area contributed by atoms with Crippen molar-refractivity contribution in [3.63, 3.8) is 0 Å². The van der Waals surface area contributed by atoms with Crippen LogP contribution in [0.25, 0.3) is 0 Å². The number of rotatable bonds is 4. The van der Waals surface area contributed by atoms with E-state index >= 15 is 0 Å². The van der Waals surface area contributed by atoms with E-state index in [0.29, 0.717) is 12.1 Å². The van der Waals surface area contributed by atoms with E-state index in [0.717, 1.165) is 21.7 Å². The van der Waals surface area contributed by atoms with E-state index in [1.807, 2.05) is 0 Å². The number of thiophene rings is 1. The fraction of sp³-hybridized carbons (Fsp3) is 0.375. The Morgan fingerprint density at radius 2 is 2.15 bits per heavy atom. The Labute approximate surface area is 137 Å². The molecule has 0 saturated carbocycles. The van der Waals surface area contributed by atoms with E-state index in [1.165, 1.54) is 22.4 Å². The highest BCUT2D eigenvalue weighted by Crippen LogP contribution is 2.39. The van der Waals surface area contributed by atoms with Crippen LogP contribution in [-0.4, -0.2) is 6.04 Å². The van der Waals surface area contributed by atoms with Crippen molar-refractivity contribution in [2.75, 3.05) is 0 Å². The van der Waals surface area contributed by atoms with Crippen LogP contribution >= 0.6 is 38.9 Å². The van der Waals surface area contributed by atoms with Gasteiger partial charge in [-0.25, -0.2) is 0 Å². The van der Waals surface area contributed by atoms with E-state index < -0.39 is 0 Å². The van der Waals surface area contributed by atoms with Gasteiger partial charge in [-0.05, 0) is 55.5 Å². The second-order valence-corrected chi connectivity index (χ2v) is 8.10. The zero-order valence-corrected chi connectivity index (χ0v) is 14.5. The smallest absolute Gasteiger partial charge is 0.0934 e. The fourth-order valence-corrected chi connectivity index (χ4v) is 4.50. The van der Waals surface area contributed by atoms with Gasteiger partial charge in [0.25, 0.3) is 0 Å². The van der Waals surface area contributed by atoms with Gasteiger partial charge in [-0.3, -0.25) is 0 Å². The number of nitrogens with one attached hydrogen (secondary N) is 1. The highest BCUT2D eigenvalue weighted by atomic mass is 79.9. The highest BCUT2D eigenvalue weighted by molar-refractivity contribution is 9.10. The largest absolute Gasteiger partial charge is 0.307 e. The normalized spacial score (nSPS) is 19.1. The summed E-state index contributed by atoms with van der Waals surface area (Å²) in [7, 11) is 0. The summed E-state index contributed by atoms with van der Waals surface area (Å²) in [5.74, 6) is 0. The number of fused-ring (bicyclic) bond motifs is 1. The van der Waals surface area contributed by atoms with Gasteiger partial charge >= 0.3 is 0 Å². The Kier molecular flexibility index (Phi) is 4.51. The minimum absolute atomic E-state index is 0.464. The first-order chi connectivity index (χ1) is 9.61. The van der Waals surface area contributed by atoms with Crippen molar-refractivity contribution in [2.45, 2.75) is 38.3 Å². The molecule has 0 aliphatic heterocycles. The Hall–Kier alpha value is -0.350. The van der Waals surface area contributed by atoms with Crippen LogP contribution in [0, 0.1) is 0 Å². The summed E-state index contributed by atoms with van der Waals surface area (Å²) in [4.78, 5) is 1.46. The lowest BCUT2D eigenvalue weighted by Gasteiger charge is -2.20. The van der Waals surface area contributed by atoms with Gasteiger partial charge in [-0.15, -0.1) is 11.3 Å². The molecule has 0 spiro atoms. The van der Waals surface area contributed by atoms with E-state index in [4.69, 9.17) is 11.6 Å². The van der Waals surface area contributed by atoms with Crippen molar-refractivity contribution in [3.8, 4) is 0 Å². The summed E-state index contributed by atoms with van der Waals surface area (Å²) in [5, 5.41) is 3.75. The summed E-state index contributed by atoms with van der Waals surface area (Å²) in [5.41, 5.74) is 2.79. The average molecular weight is 371 g/mol. The summed E-state index contributed by atoms with van der Waals surface area (Å²) in [6, 6.07) is 11.7. The predicted molar refractivity (Wildman–Crippen MR) is 90.8 cm³/mol. The lowest BCUT2D eigenvalue weighted by atomic mass is 10.1. The van der Waals surface area contributed by atoms with Gasteiger partial charge in [0.2, 0.25) is 0 Å². The first-order valence-electron chi connectivity index (χ1n) is 6.90. The molecule has 0 fully saturated rings. The Morgan fingerprint density at radius 1 is 1.40 bits per heavy atom. The van der Waals surface area contributed by atoms with E-state index in [2.05, 4.69) is 58.5 Å². The van der Waals surface area contributed by atoms with Gasteiger partial charge in [-0.2, -0.15) is 0 Å². The van der Waals surface area contributed by atoms with Crippen LogP contribution in [0.5, 0.6) is 0 Å². The van der Waals surface area contributed by atoms with E-state index in [-0.39, 0.29) is 0 Å². The molecule has 3 rings (SSSR count). The van der Waals surface area contributed by atoms with Gasteiger partial charge in [0.15, 0.2) is 0 Å². The maximum Gasteiger partial charge on any atom is 0.0934 e. The molecule has 2 atom stereocenters. The Morgan fingerprint density at radius 3 is 2.90 bits per heavy atom. The molecule has 1 aromatic heterocycles. The van der Waals surface area contributed by atoms with E-state index in [9.17, 15) is 0 Å². The molecule has 106 valence electrons. The molecule has 1 nitrogen and oxygen atoms in total. The molecule has 1 heterocycles. The van der Waals surface area contributed by atoms with Gasteiger partial charge in [0, 0.05) is 21.4 Å². The molecule has 0 bridgehead atoms. The highest BCUT2D eigenvalue weighted by Gasteiger charge is 2.25. The van der Waals surface area contributed by atoms with Gasteiger partial charge in [0.1, 0.15) is 0 Å². The van der Waals surface area contributed by atoms with Crippen molar-refractivity contribution < 1.29 is 0 Å². The molecule has 0 amide bonds. The second-order valence-electron chi connectivity index (χ2n) is 5.42. The lowest BCUT2D eigenvalue weighted by Crippen LogP contribution is -2.31. The van der Waals surface area contributed by atoms with Crippen LogP contribution in [0.3, 0.4) is 0 Å². The molecule has 0 radical (unpaired) electrons. The lowest BCUT2D eigenvalue weighted by molar-refractivity contribution is 0.451. The molecule has 2 unspecified atom stereocenters. The third kappa shape index (κ3) is 3.28. The zero-order valence-electron chi connectivity index (χ0n) is 11.3. The second kappa shape index (κ2) is 6.18. The molecule has 1 aliphatic rings. The molecule has 2 aromatic rings. The van der Waals surface area contributed by atoms with Crippen molar-refractivity contribution in [1.29, 1.82) is 0 Å². The Bertz CT molecular complexity index is 593. The number of hydrogen-bond acceptors (Lipinski definition) is 2. The third-order valence-corrected chi connectivity index (χ3v) is 5.66. The SMILES string of the molecule is CC(Cc1ccc(Br)cc1)NC1CCc2sc(Cl)cc21. The first-order valence-corrected chi connectivity index (χ1v) is 8.89. The van der Waals surface area contributed by atoms with Crippen molar-refractivity contribution >= 4 is 38.9 Å². The Balaban J connectivity index is 1.62. The topological polar surface area (TPSA) is 12.0 Å². The van der Waals surface area contributed by atoms with Crippen molar-refractivity contribution in [2.24, 2.45) is 0 Å². The molecular formula is C16H17BrClNS. The summed E-state index contributed by atoms with van der Waals surface area (Å²) < 4.78 is 2.05. The quantitative estimate of drug-likeness (QED) is 0.762. The summed E-state index contributed by atoms with van der Waals surface area (Å²) in [6.45, 7) is 2.26. The molecule has 1 aromatic carbocycles. The van der Waals surface area contributed by atoms with Crippen LogP contribution < -0.4 is 5.32 Å². The molecule has 0 saturated heterocycles. The maximum atomic E-state index is 6.11. The van der Waals surface area contributed by atoms with Crippen LogP contribution in [0.15, 0.2) is 34.8 Å². The van der Waals surface area contributed by atoms with Crippen molar-refractivity contribution in [1.82, 2.24) is 5.32 Å². The fourth-order valence-electron chi connectivity index (χ4n) is 2.88. The molecular weight excluding hydrogens is 354 g/mol. The zero-order chi connectivity index (χ0) is 14.1. The van der Waals surface area contributed by atoms with Crippen LogP contribution in [0.1, 0.15) is 35.4 Å². The van der Waals surface area contributed by atoms with Gasteiger partial charge in [0.05, 0.1) is 4.34 Å². The number of aryl methyl sites for hydroxylation is 1.